The second-order valence-electron chi connectivity index (χ2n) is 6.62. The number of nitrogens with zero attached hydrogens (tertiary/aromatic N) is 2. The zero-order valence-corrected chi connectivity index (χ0v) is 12.7. The first-order valence-electron chi connectivity index (χ1n) is 6.98. The minimum atomic E-state index is -0.762. The van der Waals surface area contributed by atoms with E-state index in [0.717, 1.165) is 19.6 Å². The molecule has 1 unspecified atom stereocenters. The number of hydrogen-bond acceptors (Lipinski definition) is 3. The van der Waals surface area contributed by atoms with Crippen molar-refractivity contribution in [3.05, 3.63) is 0 Å². The van der Waals surface area contributed by atoms with Crippen LogP contribution in [0.1, 0.15) is 41.5 Å². The molecule has 18 heavy (non-hydrogen) atoms. The topological polar surface area (TPSA) is 49.6 Å². The van der Waals surface area contributed by atoms with Crippen molar-refractivity contribution in [3.8, 4) is 0 Å². The Morgan fingerprint density at radius 1 is 1.22 bits per heavy atom. The first-order chi connectivity index (χ1) is 8.14. The van der Waals surface area contributed by atoms with Gasteiger partial charge in [-0.25, -0.2) is 0 Å². The fourth-order valence-corrected chi connectivity index (χ4v) is 2.65. The number of carbonyl (C=O) groups excluding carboxylic acids is 1. The summed E-state index contributed by atoms with van der Waals surface area (Å²) in [6.45, 7) is 15.0. The Bertz CT molecular complexity index is 294. The summed E-state index contributed by atoms with van der Waals surface area (Å²) < 4.78 is 0. The predicted molar refractivity (Wildman–Crippen MR) is 75.3 cm³/mol. The van der Waals surface area contributed by atoms with E-state index in [-0.39, 0.29) is 5.91 Å². The molecular weight excluding hydrogens is 226 g/mol. The van der Waals surface area contributed by atoms with Gasteiger partial charge in [0.2, 0.25) is 5.91 Å². The third-order valence-electron chi connectivity index (χ3n) is 3.73. The van der Waals surface area contributed by atoms with Crippen LogP contribution in [0.5, 0.6) is 0 Å². The van der Waals surface area contributed by atoms with Crippen LogP contribution in [0.2, 0.25) is 0 Å². The maximum Gasteiger partial charge on any atom is 0.242 e. The van der Waals surface area contributed by atoms with Crippen LogP contribution in [0.25, 0.3) is 0 Å². The van der Waals surface area contributed by atoms with E-state index in [4.69, 9.17) is 5.73 Å². The van der Waals surface area contributed by atoms with Crippen molar-refractivity contribution in [1.82, 2.24) is 9.80 Å². The molecule has 0 saturated carbocycles. The van der Waals surface area contributed by atoms with Crippen LogP contribution in [0.3, 0.4) is 0 Å². The van der Waals surface area contributed by atoms with Gasteiger partial charge >= 0.3 is 0 Å². The van der Waals surface area contributed by atoms with Gasteiger partial charge in [0.1, 0.15) is 0 Å². The summed E-state index contributed by atoms with van der Waals surface area (Å²) in [5.41, 5.74) is 5.16. The van der Waals surface area contributed by atoms with Crippen LogP contribution in [0.15, 0.2) is 0 Å². The Hall–Kier alpha value is -0.610. The van der Waals surface area contributed by atoms with Crippen molar-refractivity contribution in [2.45, 2.75) is 59.2 Å². The van der Waals surface area contributed by atoms with Gasteiger partial charge in [0.15, 0.2) is 0 Å². The van der Waals surface area contributed by atoms with Gasteiger partial charge in [0.05, 0.1) is 5.54 Å². The van der Waals surface area contributed by atoms with Crippen molar-refractivity contribution in [2.75, 3.05) is 19.6 Å². The van der Waals surface area contributed by atoms with Crippen LogP contribution in [-0.2, 0) is 4.79 Å². The quantitative estimate of drug-likeness (QED) is 0.827. The van der Waals surface area contributed by atoms with E-state index in [1.807, 2.05) is 4.90 Å². The molecule has 1 atom stereocenters. The monoisotopic (exact) mass is 255 g/mol. The van der Waals surface area contributed by atoms with Gasteiger partial charge in [-0.3, -0.25) is 9.69 Å². The summed E-state index contributed by atoms with van der Waals surface area (Å²) in [6.07, 6.45) is 0. The molecular formula is C14H29N3O. The van der Waals surface area contributed by atoms with Gasteiger partial charge < -0.3 is 10.6 Å². The van der Waals surface area contributed by atoms with Gasteiger partial charge in [0, 0.05) is 31.7 Å². The molecule has 1 rings (SSSR count). The summed E-state index contributed by atoms with van der Waals surface area (Å²) in [5.74, 6) is 0.612. The first-order valence-corrected chi connectivity index (χ1v) is 6.98. The van der Waals surface area contributed by atoms with E-state index in [1.165, 1.54) is 0 Å². The Balaban J connectivity index is 2.78. The zero-order chi connectivity index (χ0) is 14.1. The van der Waals surface area contributed by atoms with Crippen molar-refractivity contribution < 1.29 is 4.79 Å². The number of rotatable bonds is 3. The fourth-order valence-electron chi connectivity index (χ4n) is 2.65. The molecule has 4 heteroatoms. The first kappa shape index (κ1) is 15.4. The highest BCUT2D eigenvalue weighted by molar-refractivity contribution is 5.85. The molecule has 1 aliphatic rings. The summed E-state index contributed by atoms with van der Waals surface area (Å²) in [4.78, 5) is 16.7. The third kappa shape index (κ3) is 3.45. The van der Waals surface area contributed by atoms with Crippen LogP contribution < -0.4 is 5.73 Å². The fraction of sp³-hybridized carbons (Fsp3) is 0.929. The van der Waals surface area contributed by atoms with Crippen molar-refractivity contribution >= 4 is 5.91 Å². The SMILES string of the molecule is CC(C)C1CN(C(=O)C(C)(C)N)CCN1C(C)C. The summed E-state index contributed by atoms with van der Waals surface area (Å²) in [7, 11) is 0. The highest BCUT2D eigenvalue weighted by Crippen LogP contribution is 2.21. The Kier molecular flexibility index (Phi) is 4.78. The van der Waals surface area contributed by atoms with Crippen LogP contribution in [0.4, 0.5) is 0 Å². The second kappa shape index (κ2) is 5.57. The molecule has 0 bridgehead atoms. The van der Waals surface area contributed by atoms with Gasteiger partial charge in [-0.15, -0.1) is 0 Å². The number of carbonyl (C=O) groups is 1. The smallest absolute Gasteiger partial charge is 0.242 e. The minimum absolute atomic E-state index is 0.0663. The molecule has 106 valence electrons. The molecule has 1 fully saturated rings. The number of nitrogens with two attached hydrogens (primary N) is 1. The lowest BCUT2D eigenvalue weighted by Crippen LogP contribution is -2.62. The highest BCUT2D eigenvalue weighted by Gasteiger charge is 2.36. The molecule has 0 aromatic rings. The Labute approximate surface area is 111 Å². The molecule has 1 heterocycles. The molecule has 0 radical (unpaired) electrons. The lowest BCUT2D eigenvalue weighted by atomic mass is 9.96. The normalized spacial score (nSPS) is 22.9. The molecule has 1 amide bonds. The van der Waals surface area contributed by atoms with Crippen LogP contribution >= 0.6 is 0 Å². The summed E-state index contributed by atoms with van der Waals surface area (Å²) in [5, 5.41) is 0. The van der Waals surface area contributed by atoms with E-state index in [2.05, 4.69) is 32.6 Å². The minimum Gasteiger partial charge on any atom is -0.338 e. The Morgan fingerprint density at radius 2 is 1.78 bits per heavy atom. The van der Waals surface area contributed by atoms with Crippen molar-refractivity contribution in [1.29, 1.82) is 0 Å². The van der Waals surface area contributed by atoms with Gasteiger partial charge in [-0.2, -0.15) is 0 Å². The number of amides is 1. The molecule has 1 saturated heterocycles. The standard InChI is InChI=1S/C14H29N3O/c1-10(2)12-9-16(13(18)14(5,6)15)7-8-17(12)11(3)4/h10-12H,7-9,15H2,1-6H3. The predicted octanol–water partition coefficient (Wildman–Crippen LogP) is 1.30. The van der Waals surface area contributed by atoms with Crippen LogP contribution in [-0.4, -0.2) is 53.0 Å². The molecule has 1 aliphatic heterocycles. The van der Waals surface area contributed by atoms with E-state index in [0.29, 0.717) is 18.0 Å². The lowest BCUT2D eigenvalue weighted by Gasteiger charge is -2.46. The average molecular weight is 255 g/mol. The molecule has 0 aromatic heterocycles. The number of hydrogen-bond donors (Lipinski definition) is 1. The second-order valence-corrected chi connectivity index (χ2v) is 6.62. The van der Waals surface area contributed by atoms with Crippen molar-refractivity contribution in [3.63, 3.8) is 0 Å². The molecule has 0 spiro atoms. The molecule has 0 aliphatic carbocycles. The highest BCUT2D eigenvalue weighted by atomic mass is 16.2. The van der Waals surface area contributed by atoms with E-state index in [9.17, 15) is 4.79 Å². The van der Waals surface area contributed by atoms with E-state index < -0.39 is 5.54 Å². The molecule has 4 nitrogen and oxygen atoms in total. The van der Waals surface area contributed by atoms with Crippen molar-refractivity contribution in [2.24, 2.45) is 11.7 Å². The van der Waals surface area contributed by atoms with Gasteiger partial charge in [-0.05, 0) is 33.6 Å². The largest absolute Gasteiger partial charge is 0.338 e. The zero-order valence-electron chi connectivity index (χ0n) is 12.7. The summed E-state index contributed by atoms with van der Waals surface area (Å²) >= 11 is 0. The maximum atomic E-state index is 12.2. The maximum absolute atomic E-state index is 12.2. The molecule has 0 aromatic carbocycles. The van der Waals surface area contributed by atoms with Crippen LogP contribution in [0, 0.1) is 5.92 Å². The average Bonchev–Trinajstić information content (AvgIpc) is 2.25. The lowest BCUT2D eigenvalue weighted by molar-refractivity contribution is -0.140. The third-order valence-corrected chi connectivity index (χ3v) is 3.73. The number of piperazine rings is 1. The molecule has 2 N–H and O–H groups in total. The van der Waals surface area contributed by atoms with Gasteiger partial charge in [-0.1, -0.05) is 13.8 Å². The Morgan fingerprint density at radius 3 is 2.17 bits per heavy atom. The van der Waals surface area contributed by atoms with E-state index in [1.54, 1.807) is 13.8 Å². The summed E-state index contributed by atoms with van der Waals surface area (Å²) in [6, 6.07) is 0.964. The van der Waals surface area contributed by atoms with Gasteiger partial charge in [0.25, 0.3) is 0 Å². The van der Waals surface area contributed by atoms with E-state index >= 15 is 0 Å².